The minimum atomic E-state index is 0.876. The maximum absolute atomic E-state index is 4.91. The van der Waals surface area contributed by atoms with Gasteiger partial charge in [0, 0.05) is 12.1 Å². The van der Waals surface area contributed by atoms with E-state index in [0.717, 1.165) is 41.8 Å². The van der Waals surface area contributed by atoms with Crippen molar-refractivity contribution in [2.45, 2.75) is 26.2 Å². The molecule has 1 heterocycles. The van der Waals surface area contributed by atoms with E-state index < -0.39 is 0 Å². The van der Waals surface area contributed by atoms with Gasteiger partial charge in [-0.2, -0.15) is 0 Å². The summed E-state index contributed by atoms with van der Waals surface area (Å²) in [6.07, 6.45) is 11.9. The largest absolute Gasteiger partial charge is 0.296 e. The minimum absolute atomic E-state index is 0.876. The van der Waals surface area contributed by atoms with E-state index in [2.05, 4.69) is 163 Å². The quantitative estimate of drug-likeness (QED) is 0.199. The Kier molecular flexibility index (Phi) is 6.96. The molecule has 0 spiro atoms. The zero-order valence-electron chi connectivity index (χ0n) is 25.4. The molecule has 2 bridgehead atoms. The van der Waals surface area contributed by atoms with Crippen LogP contribution in [0, 0.1) is 0 Å². The summed E-state index contributed by atoms with van der Waals surface area (Å²) in [6, 6.07) is 46.2. The number of hydrogen-bond acceptors (Lipinski definition) is 1. The Morgan fingerprint density at radius 3 is 1.67 bits per heavy atom. The molecule has 0 radical (unpaired) electrons. The second-order valence-electron chi connectivity index (χ2n) is 11.8. The monoisotopic (exact) mass is 578 g/mol. The summed E-state index contributed by atoms with van der Waals surface area (Å²) >= 11 is 0. The van der Waals surface area contributed by atoms with Crippen LogP contribution in [0.5, 0.6) is 0 Å². The molecule has 0 fully saturated rings. The predicted octanol–water partition coefficient (Wildman–Crippen LogP) is 10.8. The first-order chi connectivity index (χ1) is 22.3. The van der Waals surface area contributed by atoms with Gasteiger partial charge >= 0.3 is 0 Å². The van der Waals surface area contributed by atoms with E-state index in [1.807, 2.05) is 0 Å². The summed E-state index contributed by atoms with van der Waals surface area (Å²) < 4.78 is 2.30. The predicted molar refractivity (Wildman–Crippen MR) is 188 cm³/mol. The molecule has 0 saturated carbocycles. The first kappa shape index (κ1) is 27.1. The topological polar surface area (TPSA) is 17.8 Å². The van der Waals surface area contributed by atoms with Crippen LogP contribution in [0.25, 0.3) is 39.0 Å². The number of para-hydroxylation sites is 2. The molecule has 0 aliphatic heterocycles. The number of rotatable bonds is 5. The first-order valence-corrected chi connectivity index (χ1v) is 15.9. The van der Waals surface area contributed by atoms with Crippen molar-refractivity contribution in [2.24, 2.45) is 0 Å². The molecule has 1 aromatic heterocycles. The van der Waals surface area contributed by atoms with Crippen LogP contribution in [0.3, 0.4) is 0 Å². The van der Waals surface area contributed by atoms with Gasteiger partial charge in [0.2, 0.25) is 0 Å². The van der Waals surface area contributed by atoms with Gasteiger partial charge in [0.25, 0.3) is 0 Å². The van der Waals surface area contributed by atoms with Crippen LogP contribution in [-0.2, 0) is 6.42 Å². The van der Waals surface area contributed by atoms with Gasteiger partial charge < -0.3 is 0 Å². The van der Waals surface area contributed by atoms with Gasteiger partial charge in [0.1, 0.15) is 5.82 Å². The molecule has 45 heavy (non-hydrogen) atoms. The van der Waals surface area contributed by atoms with Crippen molar-refractivity contribution in [1.82, 2.24) is 9.55 Å². The summed E-state index contributed by atoms with van der Waals surface area (Å²) in [5.41, 5.74) is 16.2. The van der Waals surface area contributed by atoms with Crippen LogP contribution in [-0.4, -0.2) is 9.55 Å². The van der Waals surface area contributed by atoms with Crippen LogP contribution in [0.1, 0.15) is 47.8 Å². The molecular formula is C43H34N2. The van der Waals surface area contributed by atoms with Gasteiger partial charge in [-0.05, 0) is 92.8 Å². The minimum Gasteiger partial charge on any atom is -0.296 e. The van der Waals surface area contributed by atoms with Crippen LogP contribution in [0.15, 0.2) is 163 Å². The van der Waals surface area contributed by atoms with Crippen LogP contribution >= 0.6 is 0 Å². The normalized spacial score (nSPS) is 19.0. The van der Waals surface area contributed by atoms with E-state index in [9.17, 15) is 0 Å². The molecule has 216 valence electrons. The summed E-state index contributed by atoms with van der Waals surface area (Å²) in [7, 11) is 0. The van der Waals surface area contributed by atoms with Gasteiger partial charge in [-0.15, -0.1) is 0 Å². The smallest absolute Gasteiger partial charge is 0.114 e. The van der Waals surface area contributed by atoms with Crippen molar-refractivity contribution < 1.29 is 0 Å². The fourth-order valence-corrected chi connectivity index (χ4v) is 6.98. The molecule has 2 aliphatic rings. The Morgan fingerprint density at radius 1 is 0.533 bits per heavy atom. The van der Waals surface area contributed by atoms with Crippen molar-refractivity contribution in [1.29, 1.82) is 0 Å². The number of hydrogen-bond donors (Lipinski definition) is 0. The molecule has 0 amide bonds. The van der Waals surface area contributed by atoms with Gasteiger partial charge in [0.05, 0.1) is 11.0 Å². The summed E-state index contributed by atoms with van der Waals surface area (Å²) in [6.45, 7) is 2.17. The van der Waals surface area contributed by atoms with Gasteiger partial charge in [-0.3, -0.25) is 4.57 Å². The molecule has 0 saturated heterocycles. The van der Waals surface area contributed by atoms with E-state index >= 15 is 0 Å². The second kappa shape index (κ2) is 11.6. The maximum Gasteiger partial charge on any atom is 0.114 e. The molecule has 2 nitrogen and oxygen atoms in total. The summed E-state index contributed by atoms with van der Waals surface area (Å²) in [5.74, 6) is 1.08. The third kappa shape index (κ3) is 4.89. The van der Waals surface area contributed by atoms with Crippen molar-refractivity contribution >= 4 is 22.2 Å². The van der Waals surface area contributed by atoms with Crippen molar-refractivity contribution in [3.63, 3.8) is 0 Å². The third-order valence-electron chi connectivity index (χ3n) is 9.12. The number of aromatic nitrogens is 2. The van der Waals surface area contributed by atoms with Gasteiger partial charge in [0.15, 0.2) is 0 Å². The Balaban J connectivity index is 1.26. The van der Waals surface area contributed by atoms with Gasteiger partial charge in [-0.1, -0.05) is 134 Å². The molecule has 6 aromatic rings. The van der Waals surface area contributed by atoms with E-state index in [-0.39, 0.29) is 0 Å². The van der Waals surface area contributed by atoms with Crippen molar-refractivity contribution in [2.75, 3.05) is 0 Å². The molecule has 8 rings (SSSR count). The van der Waals surface area contributed by atoms with E-state index in [1.165, 1.54) is 55.7 Å². The molecule has 5 aromatic carbocycles. The van der Waals surface area contributed by atoms with Crippen molar-refractivity contribution in [3.8, 4) is 16.8 Å². The zero-order valence-corrected chi connectivity index (χ0v) is 25.4. The number of allylic oxidation sites excluding steroid dienone is 6. The molecule has 0 unspecified atom stereocenters. The van der Waals surface area contributed by atoms with E-state index in [0.29, 0.717) is 0 Å². The van der Waals surface area contributed by atoms with E-state index in [1.54, 1.807) is 0 Å². The zero-order chi connectivity index (χ0) is 30.2. The Hall–Kier alpha value is -5.47. The van der Waals surface area contributed by atoms with Crippen LogP contribution in [0.4, 0.5) is 0 Å². The highest BCUT2D eigenvalue weighted by Crippen LogP contribution is 2.43. The lowest BCUT2D eigenvalue weighted by atomic mass is 9.78. The average Bonchev–Trinajstić information content (AvgIpc) is 3.47. The lowest BCUT2D eigenvalue weighted by molar-refractivity contribution is 0.908. The fraction of sp³-hybridized carbons (Fsp3) is 0.0930. The van der Waals surface area contributed by atoms with Crippen molar-refractivity contribution in [3.05, 3.63) is 191 Å². The molecule has 0 N–H and O–H groups in total. The lowest BCUT2D eigenvalue weighted by Crippen LogP contribution is -2.06. The number of fused-ring (bicyclic) bond motifs is 5. The summed E-state index contributed by atoms with van der Waals surface area (Å²) in [4.78, 5) is 4.91. The molecular weight excluding hydrogens is 544 g/mol. The second-order valence-corrected chi connectivity index (χ2v) is 11.8. The SMILES string of the molecule is CCc1nc2ccccc2n1-c1ccc(\C2=C3/C=C\C=C/C(=C(\c4ccc(-c5ccccc5)cc4)c4ccccc42)CC3)cc1. The number of benzene rings is 5. The van der Waals surface area contributed by atoms with Crippen LogP contribution in [0.2, 0.25) is 0 Å². The first-order valence-electron chi connectivity index (χ1n) is 15.9. The standard InChI is InChI=1S/C43H34N2/c1-2-41-44-39-18-10-11-19-40(39)45(41)36-28-26-35(27-29-36)43-33-15-7-6-14-32(24-25-33)42(37-16-8-9-17-38(37)43)34-22-20-31(21-23-34)30-12-4-3-5-13-30/h3-23,26-29H,2,24-25H2,1H3/b7-6?,14-6-,15-7-,32-14?,33-15?,42-32-,42-37?,43-33-,43-38?. The Labute approximate surface area is 265 Å². The highest BCUT2D eigenvalue weighted by Gasteiger charge is 2.23. The molecule has 0 atom stereocenters. The highest BCUT2D eigenvalue weighted by molar-refractivity contribution is 5.96. The summed E-state index contributed by atoms with van der Waals surface area (Å²) in [5, 5.41) is 0. The number of aryl methyl sites for hydroxylation is 1. The van der Waals surface area contributed by atoms with Crippen LogP contribution < -0.4 is 0 Å². The number of imidazole rings is 1. The van der Waals surface area contributed by atoms with Gasteiger partial charge in [-0.25, -0.2) is 4.98 Å². The lowest BCUT2D eigenvalue weighted by Gasteiger charge is -2.25. The Bertz CT molecular complexity index is 2150. The number of nitrogens with zero attached hydrogens (tertiary/aromatic N) is 2. The molecule has 2 aliphatic carbocycles. The molecule has 2 heteroatoms. The maximum atomic E-state index is 4.91. The van der Waals surface area contributed by atoms with E-state index in [4.69, 9.17) is 4.98 Å². The fourth-order valence-electron chi connectivity index (χ4n) is 6.98. The average molecular weight is 579 g/mol. The Morgan fingerprint density at radius 2 is 1.04 bits per heavy atom. The highest BCUT2D eigenvalue weighted by atomic mass is 15.1. The third-order valence-corrected chi connectivity index (χ3v) is 9.12.